The number of rotatable bonds is 3. The quantitative estimate of drug-likeness (QED) is 0.902. The molecule has 102 valence electrons. The summed E-state index contributed by atoms with van der Waals surface area (Å²) >= 11 is 0. The van der Waals surface area contributed by atoms with Gasteiger partial charge in [0.25, 0.3) is 5.91 Å². The molecule has 0 radical (unpaired) electrons. The van der Waals surface area contributed by atoms with Crippen molar-refractivity contribution < 1.29 is 14.0 Å². The van der Waals surface area contributed by atoms with Gasteiger partial charge < -0.3 is 10.6 Å². The maximum Gasteiger partial charge on any atom is 0.255 e. The number of carbonyl (C=O) groups is 2. The average molecular weight is 272 g/mol. The number of benzene rings is 2. The monoisotopic (exact) mass is 272 g/mol. The van der Waals surface area contributed by atoms with Crippen molar-refractivity contribution in [1.82, 2.24) is 0 Å². The van der Waals surface area contributed by atoms with E-state index in [4.69, 9.17) is 0 Å². The average Bonchev–Trinajstić information content (AvgIpc) is 2.41. The van der Waals surface area contributed by atoms with Crippen LogP contribution in [0.5, 0.6) is 0 Å². The molecule has 0 aromatic heterocycles. The summed E-state index contributed by atoms with van der Waals surface area (Å²) in [6, 6.07) is 12.3. The summed E-state index contributed by atoms with van der Waals surface area (Å²) in [4.78, 5) is 23.0. The van der Waals surface area contributed by atoms with Crippen LogP contribution < -0.4 is 10.6 Å². The zero-order valence-electron chi connectivity index (χ0n) is 10.8. The lowest BCUT2D eigenvalue weighted by Crippen LogP contribution is -2.14. The van der Waals surface area contributed by atoms with Gasteiger partial charge in [0, 0.05) is 18.2 Å². The van der Waals surface area contributed by atoms with Gasteiger partial charge in [-0.2, -0.15) is 0 Å². The van der Waals surface area contributed by atoms with Crippen LogP contribution in [-0.4, -0.2) is 11.8 Å². The second-order valence-electron chi connectivity index (χ2n) is 4.20. The Morgan fingerprint density at radius 1 is 1.00 bits per heavy atom. The third-order valence-electron chi connectivity index (χ3n) is 2.57. The molecular weight excluding hydrogens is 259 g/mol. The number of hydrogen-bond donors (Lipinski definition) is 2. The van der Waals surface area contributed by atoms with Gasteiger partial charge in [0.15, 0.2) is 0 Å². The van der Waals surface area contributed by atoms with Crippen LogP contribution in [0, 0.1) is 5.82 Å². The molecule has 0 saturated carbocycles. The SMILES string of the molecule is CC(=O)Nc1cccc(C(=O)Nc2ccccc2F)c1. The van der Waals surface area contributed by atoms with Crippen molar-refractivity contribution in [2.24, 2.45) is 0 Å². The molecule has 0 saturated heterocycles. The standard InChI is InChI=1S/C15H13FN2O2/c1-10(19)17-12-6-4-5-11(9-12)15(20)18-14-8-3-2-7-13(14)16/h2-9H,1H3,(H,17,19)(H,18,20). The first-order valence-corrected chi connectivity index (χ1v) is 6.00. The number of para-hydroxylation sites is 1. The van der Waals surface area contributed by atoms with Crippen LogP contribution in [0.25, 0.3) is 0 Å². The zero-order chi connectivity index (χ0) is 14.5. The summed E-state index contributed by atoms with van der Waals surface area (Å²) in [5, 5.41) is 5.06. The first kappa shape index (κ1) is 13.7. The first-order valence-electron chi connectivity index (χ1n) is 6.00. The number of carbonyl (C=O) groups excluding carboxylic acids is 2. The van der Waals surface area contributed by atoms with Gasteiger partial charge in [-0.05, 0) is 30.3 Å². The molecule has 0 aliphatic rings. The molecule has 2 aromatic carbocycles. The van der Waals surface area contributed by atoms with Gasteiger partial charge in [0.1, 0.15) is 5.82 Å². The van der Waals surface area contributed by atoms with E-state index in [1.165, 1.54) is 25.1 Å². The minimum atomic E-state index is -0.501. The van der Waals surface area contributed by atoms with Gasteiger partial charge in [-0.25, -0.2) is 4.39 Å². The fourth-order valence-corrected chi connectivity index (χ4v) is 1.70. The van der Waals surface area contributed by atoms with Crippen molar-refractivity contribution in [1.29, 1.82) is 0 Å². The van der Waals surface area contributed by atoms with E-state index in [0.29, 0.717) is 11.3 Å². The Kier molecular flexibility index (Phi) is 4.10. The largest absolute Gasteiger partial charge is 0.326 e. The zero-order valence-corrected chi connectivity index (χ0v) is 10.8. The van der Waals surface area contributed by atoms with Crippen molar-refractivity contribution in [2.45, 2.75) is 6.92 Å². The summed E-state index contributed by atoms with van der Waals surface area (Å²) in [7, 11) is 0. The number of halogens is 1. The third-order valence-corrected chi connectivity index (χ3v) is 2.57. The van der Waals surface area contributed by atoms with Crippen LogP contribution >= 0.6 is 0 Å². The highest BCUT2D eigenvalue weighted by molar-refractivity contribution is 6.05. The fraction of sp³-hybridized carbons (Fsp3) is 0.0667. The Morgan fingerprint density at radius 3 is 2.45 bits per heavy atom. The fourth-order valence-electron chi connectivity index (χ4n) is 1.70. The highest BCUT2D eigenvalue weighted by atomic mass is 19.1. The summed E-state index contributed by atoms with van der Waals surface area (Å²) in [6.45, 7) is 1.38. The maximum atomic E-state index is 13.4. The Labute approximate surface area is 115 Å². The summed E-state index contributed by atoms with van der Waals surface area (Å²) in [6.07, 6.45) is 0. The summed E-state index contributed by atoms with van der Waals surface area (Å²) in [5.74, 6) is -1.17. The van der Waals surface area contributed by atoms with Crippen LogP contribution in [0.2, 0.25) is 0 Å². The minimum Gasteiger partial charge on any atom is -0.326 e. The van der Waals surface area contributed by atoms with Gasteiger partial charge in [-0.3, -0.25) is 9.59 Å². The van der Waals surface area contributed by atoms with Crippen LogP contribution in [0.1, 0.15) is 17.3 Å². The van der Waals surface area contributed by atoms with Crippen molar-refractivity contribution in [3.63, 3.8) is 0 Å². The molecule has 0 aliphatic heterocycles. The third kappa shape index (κ3) is 3.41. The summed E-state index contributed by atoms with van der Waals surface area (Å²) < 4.78 is 13.4. The van der Waals surface area contributed by atoms with E-state index in [1.54, 1.807) is 30.3 Å². The molecule has 0 bridgehead atoms. The van der Waals surface area contributed by atoms with Crippen molar-refractivity contribution >= 4 is 23.2 Å². The van der Waals surface area contributed by atoms with Crippen LogP contribution in [0.3, 0.4) is 0 Å². The lowest BCUT2D eigenvalue weighted by atomic mass is 10.2. The van der Waals surface area contributed by atoms with Gasteiger partial charge in [0.2, 0.25) is 5.91 Å². The van der Waals surface area contributed by atoms with Gasteiger partial charge in [-0.1, -0.05) is 18.2 Å². The molecule has 20 heavy (non-hydrogen) atoms. The number of hydrogen-bond acceptors (Lipinski definition) is 2. The first-order chi connectivity index (χ1) is 9.56. The van der Waals surface area contributed by atoms with E-state index >= 15 is 0 Å². The van der Waals surface area contributed by atoms with E-state index < -0.39 is 11.7 Å². The van der Waals surface area contributed by atoms with Crippen LogP contribution in [0.4, 0.5) is 15.8 Å². The van der Waals surface area contributed by atoms with Crippen LogP contribution in [0.15, 0.2) is 48.5 Å². The normalized spacial score (nSPS) is 9.90. The molecule has 0 heterocycles. The molecular formula is C15H13FN2O2. The highest BCUT2D eigenvalue weighted by Gasteiger charge is 2.09. The lowest BCUT2D eigenvalue weighted by Gasteiger charge is -2.08. The molecule has 0 aliphatic carbocycles. The van der Waals surface area contributed by atoms with Crippen molar-refractivity contribution in [3.8, 4) is 0 Å². The second-order valence-corrected chi connectivity index (χ2v) is 4.20. The Morgan fingerprint density at radius 2 is 1.75 bits per heavy atom. The predicted molar refractivity (Wildman–Crippen MR) is 75.1 cm³/mol. The topological polar surface area (TPSA) is 58.2 Å². The minimum absolute atomic E-state index is 0.113. The molecule has 0 atom stereocenters. The second kappa shape index (κ2) is 5.97. The molecule has 0 spiro atoms. The van der Waals surface area contributed by atoms with Gasteiger partial charge in [-0.15, -0.1) is 0 Å². The van der Waals surface area contributed by atoms with E-state index in [-0.39, 0.29) is 11.6 Å². The number of amides is 2. The van der Waals surface area contributed by atoms with E-state index in [2.05, 4.69) is 10.6 Å². The Hall–Kier alpha value is -2.69. The molecule has 2 aromatic rings. The van der Waals surface area contributed by atoms with Gasteiger partial charge in [0.05, 0.1) is 5.69 Å². The van der Waals surface area contributed by atoms with Crippen molar-refractivity contribution in [3.05, 3.63) is 59.9 Å². The van der Waals surface area contributed by atoms with E-state index in [9.17, 15) is 14.0 Å². The van der Waals surface area contributed by atoms with Crippen molar-refractivity contribution in [2.75, 3.05) is 10.6 Å². The highest BCUT2D eigenvalue weighted by Crippen LogP contribution is 2.16. The number of anilines is 2. The Bertz CT molecular complexity index is 656. The summed E-state index contributed by atoms with van der Waals surface area (Å²) in [5.41, 5.74) is 0.959. The molecule has 5 heteroatoms. The molecule has 2 amide bonds. The molecule has 2 N–H and O–H groups in total. The molecule has 4 nitrogen and oxygen atoms in total. The number of nitrogens with one attached hydrogen (secondary N) is 2. The predicted octanol–water partition coefficient (Wildman–Crippen LogP) is 3.04. The molecule has 0 unspecified atom stereocenters. The smallest absolute Gasteiger partial charge is 0.255 e. The lowest BCUT2D eigenvalue weighted by molar-refractivity contribution is -0.114. The van der Waals surface area contributed by atoms with Gasteiger partial charge >= 0.3 is 0 Å². The van der Waals surface area contributed by atoms with Crippen LogP contribution in [-0.2, 0) is 4.79 Å². The molecule has 0 fully saturated rings. The van der Waals surface area contributed by atoms with E-state index in [1.807, 2.05) is 0 Å². The Balaban J connectivity index is 2.17. The maximum absolute atomic E-state index is 13.4. The van der Waals surface area contributed by atoms with E-state index in [0.717, 1.165) is 0 Å². The molecule has 2 rings (SSSR count).